The molecule has 0 aliphatic rings. The number of rotatable bonds is 7. The molecule has 0 radical (unpaired) electrons. The Morgan fingerprint density at radius 3 is 2.60 bits per heavy atom. The number of hydrogen-bond acceptors (Lipinski definition) is 7. The van der Waals surface area contributed by atoms with E-state index in [-0.39, 0.29) is 6.04 Å². The molecule has 0 spiro atoms. The molecule has 0 bridgehead atoms. The van der Waals surface area contributed by atoms with Crippen molar-refractivity contribution in [3.05, 3.63) is 78.0 Å². The molecule has 0 aliphatic heterocycles. The van der Waals surface area contributed by atoms with Gasteiger partial charge in [0.1, 0.15) is 0 Å². The summed E-state index contributed by atoms with van der Waals surface area (Å²) in [6, 6.07) is 7.30. The van der Waals surface area contributed by atoms with Crippen LogP contribution in [0, 0.1) is 13.8 Å². The van der Waals surface area contributed by atoms with Gasteiger partial charge in [0.15, 0.2) is 17.2 Å². The quantitative estimate of drug-likeness (QED) is 0.332. The van der Waals surface area contributed by atoms with Crippen molar-refractivity contribution in [2.45, 2.75) is 26.8 Å². The predicted octanol–water partition coefficient (Wildman–Crippen LogP) is 3.99. The van der Waals surface area contributed by atoms with E-state index in [1.165, 1.54) is 4.90 Å². The van der Waals surface area contributed by atoms with Crippen molar-refractivity contribution < 1.29 is 9.32 Å². The minimum atomic E-state index is -0.375. The second kappa shape index (κ2) is 8.98. The van der Waals surface area contributed by atoms with Crippen LogP contribution in [0.1, 0.15) is 35.7 Å². The number of aryl methyl sites for hydroxylation is 3. The predicted molar refractivity (Wildman–Crippen MR) is 130 cm³/mol. The third-order valence-corrected chi connectivity index (χ3v) is 5.85. The van der Waals surface area contributed by atoms with Gasteiger partial charge >= 0.3 is 0 Å². The van der Waals surface area contributed by atoms with E-state index in [1.54, 1.807) is 23.3 Å². The zero-order valence-corrected chi connectivity index (χ0v) is 19.8. The van der Waals surface area contributed by atoms with Gasteiger partial charge in [-0.25, -0.2) is 0 Å². The lowest BCUT2D eigenvalue weighted by Gasteiger charge is -2.20. The second-order valence-corrected chi connectivity index (χ2v) is 8.41. The lowest BCUT2D eigenvalue weighted by Crippen LogP contribution is -2.21. The zero-order chi connectivity index (χ0) is 24.5. The van der Waals surface area contributed by atoms with E-state index in [4.69, 9.17) is 4.52 Å². The molecule has 1 unspecified atom stereocenters. The van der Waals surface area contributed by atoms with E-state index in [9.17, 15) is 4.79 Å². The smallest absolute Gasteiger partial charge is 0.214 e. The fourth-order valence-corrected chi connectivity index (χ4v) is 3.87. The molecule has 5 rings (SSSR count). The van der Waals surface area contributed by atoms with Crippen LogP contribution in [0.5, 0.6) is 0 Å². The van der Waals surface area contributed by atoms with Crippen LogP contribution in [-0.4, -0.2) is 45.8 Å². The molecule has 0 aromatic carbocycles. The maximum atomic E-state index is 12.0. The van der Waals surface area contributed by atoms with Crippen molar-refractivity contribution in [1.29, 1.82) is 0 Å². The Balaban J connectivity index is 1.40. The molecule has 1 amide bonds. The van der Waals surface area contributed by atoms with Gasteiger partial charge in [-0.3, -0.25) is 18.9 Å². The summed E-state index contributed by atoms with van der Waals surface area (Å²) in [4.78, 5) is 18.1. The third-order valence-electron chi connectivity index (χ3n) is 5.85. The van der Waals surface area contributed by atoms with Gasteiger partial charge in [0.2, 0.25) is 6.41 Å². The Hall–Kier alpha value is -4.60. The number of nitrogens with zero attached hydrogens (tertiary/aromatic N) is 8. The highest BCUT2D eigenvalue weighted by Gasteiger charge is 2.19. The minimum Gasteiger partial charge on any atom is -0.356 e. The summed E-state index contributed by atoms with van der Waals surface area (Å²) in [6.45, 7) is 5.75. The van der Waals surface area contributed by atoms with Crippen molar-refractivity contribution in [3.63, 3.8) is 0 Å². The molecule has 0 N–H and O–H groups in total. The van der Waals surface area contributed by atoms with E-state index in [0.717, 1.165) is 40.1 Å². The minimum absolute atomic E-state index is 0.375. The van der Waals surface area contributed by atoms with Crippen molar-refractivity contribution in [2.24, 2.45) is 7.05 Å². The number of hydrogen-bond donors (Lipinski definition) is 0. The number of fused-ring (bicyclic) bond motifs is 1. The van der Waals surface area contributed by atoms with Gasteiger partial charge in [-0.05, 0) is 50.6 Å². The lowest BCUT2D eigenvalue weighted by atomic mass is 10.1. The Kier molecular flexibility index (Phi) is 5.69. The van der Waals surface area contributed by atoms with Crippen LogP contribution in [0.4, 0.5) is 0 Å². The number of pyridine rings is 2. The molecule has 5 heterocycles. The molecule has 10 heteroatoms. The van der Waals surface area contributed by atoms with Gasteiger partial charge in [0.25, 0.3) is 0 Å². The molecule has 35 heavy (non-hydrogen) atoms. The Morgan fingerprint density at radius 1 is 1.06 bits per heavy atom. The summed E-state index contributed by atoms with van der Waals surface area (Å²) < 4.78 is 9.00. The van der Waals surface area contributed by atoms with Crippen LogP contribution in [0.3, 0.4) is 0 Å². The molecule has 10 nitrogen and oxygen atoms in total. The monoisotopic (exact) mass is 468 g/mol. The number of carbonyl (C=O) groups excluding carboxylic acids is 1. The molecular formula is C25H24N8O2. The highest BCUT2D eigenvalue weighted by molar-refractivity contribution is 5.65. The molecule has 0 saturated carbocycles. The van der Waals surface area contributed by atoms with Crippen molar-refractivity contribution >= 4 is 18.1 Å². The highest BCUT2D eigenvalue weighted by Crippen LogP contribution is 2.25. The summed E-state index contributed by atoms with van der Waals surface area (Å²) in [5, 5.41) is 16.7. The standard InChI is InChI=1S/C25H24N8O2/c1-16-9-20(21-12-27-31(4)13-21)11-26-22(16)7-8-32(15-34)18(3)25-29-28-24-6-5-19(14-33(24)25)23-10-17(2)30-35-23/h5-15,18H,1-4H3/b8-7-. The summed E-state index contributed by atoms with van der Waals surface area (Å²) in [7, 11) is 1.88. The zero-order valence-electron chi connectivity index (χ0n) is 19.8. The van der Waals surface area contributed by atoms with Gasteiger partial charge in [-0.15, -0.1) is 10.2 Å². The van der Waals surface area contributed by atoms with Gasteiger partial charge in [0, 0.05) is 54.6 Å². The van der Waals surface area contributed by atoms with Crippen LogP contribution < -0.4 is 0 Å². The molecule has 0 aliphatic carbocycles. The van der Waals surface area contributed by atoms with E-state index in [0.29, 0.717) is 17.2 Å². The van der Waals surface area contributed by atoms with Crippen molar-refractivity contribution in [1.82, 2.24) is 39.4 Å². The Bertz CT molecular complexity index is 1540. The molecule has 5 aromatic rings. The SMILES string of the molecule is Cc1cc(-c2ccc3nnc(C(C)N(C=O)/C=C\c4ncc(-c5cnn(C)c5)cc4C)n3c2)on1. The third kappa shape index (κ3) is 4.33. The first-order valence-corrected chi connectivity index (χ1v) is 11.1. The molecule has 1 atom stereocenters. The lowest BCUT2D eigenvalue weighted by molar-refractivity contribution is -0.117. The van der Waals surface area contributed by atoms with Gasteiger partial charge in [0.05, 0.1) is 23.6 Å². The molecule has 176 valence electrons. The van der Waals surface area contributed by atoms with Crippen molar-refractivity contribution in [2.75, 3.05) is 0 Å². The first-order valence-electron chi connectivity index (χ1n) is 11.1. The van der Waals surface area contributed by atoms with E-state index < -0.39 is 0 Å². The van der Waals surface area contributed by atoms with E-state index in [2.05, 4.69) is 31.5 Å². The number of aromatic nitrogens is 7. The fraction of sp³-hybridized carbons (Fsp3) is 0.200. The first-order chi connectivity index (χ1) is 16.9. The molecule has 5 aromatic heterocycles. The van der Waals surface area contributed by atoms with E-state index in [1.807, 2.05) is 68.9 Å². The van der Waals surface area contributed by atoms with E-state index >= 15 is 0 Å². The fourth-order valence-electron chi connectivity index (χ4n) is 3.87. The average molecular weight is 469 g/mol. The summed E-state index contributed by atoms with van der Waals surface area (Å²) in [6.07, 6.45) is 11.7. The van der Waals surface area contributed by atoms with Crippen molar-refractivity contribution in [3.8, 4) is 22.5 Å². The summed E-state index contributed by atoms with van der Waals surface area (Å²) >= 11 is 0. The van der Waals surface area contributed by atoms with Crippen LogP contribution in [0.15, 0.2) is 59.8 Å². The van der Waals surface area contributed by atoms with Gasteiger partial charge < -0.3 is 9.42 Å². The number of amides is 1. The van der Waals surface area contributed by atoms with Gasteiger partial charge in [-0.1, -0.05) is 5.16 Å². The summed E-state index contributed by atoms with van der Waals surface area (Å²) in [5.74, 6) is 1.27. The largest absolute Gasteiger partial charge is 0.356 e. The Morgan fingerprint density at radius 2 is 1.91 bits per heavy atom. The normalized spacial score (nSPS) is 12.5. The van der Waals surface area contributed by atoms with Gasteiger partial charge in [-0.2, -0.15) is 5.10 Å². The maximum Gasteiger partial charge on any atom is 0.214 e. The average Bonchev–Trinajstić information content (AvgIpc) is 3.59. The first kappa shape index (κ1) is 22.2. The summed E-state index contributed by atoms with van der Waals surface area (Å²) in [5.41, 5.74) is 6.05. The molecule has 0 fully saturated rings. The maximum absolute atomic E-state index is 12.0. The van der Waals surface area contributed by atoms with Crippen LogP contribution >= 0.6 is 0 Å². The van der Waals surface area contributed by atoms with Crippen LogP contribution in [0.2, 0.25) is 0 Å². The number of carbonyl (C=O) groups is 1. The second-order valence-electron chi connectivity index (χ2n) is 8.41. The van der Waals surface area contributed by atoms with Crippen LogP contribution in [-0.2, 0) is 11.8 Å². The van der Waals surface area contributed by atoms with Crippen LogP contribution in [0.25, 0.3) is 34.2 Å². The topological polar surface area (TPSA) is 107 Å². The molecule has 0 saturated heterocycles. The molecular weight excluding hydrogens is 444 g/mol. The Labute approximate surface area is 201 Å². The highest BCUT2D eigenvalue weighted by atomic mass is 16.5.